The topological polar surface area (TPSA) is 29.1 Å². The molecule has 2 aromatic rings. The zero-order valence-corrected chi connectivity index (χ0v) is 16.2. The van der Waals surface area contributed by atoms with Crippen molar-refractivity contribution in [2.24, 2.45) is 17.3 Å². The molecule has 1 saturated carbocycles. The third-order valence-electron chi connectivity index (χ3n) is 5.62. The average Bonchev–Trinajstić information content (AvgIpc) is 2.57. The third kappa shape index (κ3) is 3.70. The van der Waals surface area contributed by atoms with E-state index in [9.17, 15) is 4.79 Å². The highest BCUT2D eigenvalue weighted by Gasteiger charge is 2.50. The fourth-order valence-corrected chi connectivity index (χ4v) is 4.02. The summed E-state index contributed by atoms with van der Waals surface area (Å²) in [5.74, 6) is 0.314. The number of hydrogen-bond acceptors (Lipinski definition) is 1. The predicted octanol–water partition coefficient (Wildman–Crippen LogP) is 6.00. The number of benzene rings is 2. The molecule has 1 amide bonds. The number of carbonyl (C=O) groups is 1. The van der Waals surface area contributed by atoms with Gasteiger partial charge in [0.2, 0.25) is 5.91 Å². The first-order valence-electron chi connectivity index (χ1n) is 8.61. The summed E-state index contributed by atoms with van der Waals surface area (Å²) in [6, 6.07) is 14.5. The smallest absolute Gasteiger partial charge is 0.224 e. The van der Waals surface area contributed by atoms with Crippen LogP contribution >= 0.6 is 23.2 Å². The fourth-order valence-electron chi connectivity index (χ4n) is 3.71. The first-order valence-corrected chi connectivity index (χ1v) is 9.36. The quantitative estimate of drug-likeness (QED) is 0.697. The normalized spacial score (nSPS) is 22.8. The molecule has 0 radical (unpaired) electrons. The van der Waals surface area contributed by atoms with Crippen LogP contribution in [-0.4, -0.2) is 5.91 Å². The Labute approximate surface area is 159 Å². The molecule has 3 rings (SSSR count). The van der Waals surface area contributed by atoms with E-state index in [1.54, 1.807) is 0 Å². The van der Waals surface area contributed by atoms with Gasteiger partial charge in [-0.3, -0.25) is 4.79 Å². The van der Waals surface area contributed by atoms with Crippen LogP contribution in [0, 0.1) is 17.3 Å². The summed E-state index contributed by atoms with van der Waals surface area (Å²) in [6.07, 6.45) is 2.63. The zero-order chi connectivity index (χ0) is 18.2. The Morgan fingerprint density at radius 3 is 2.52 bits per heavy atom. The molecular weight excluding hydrogens is 353 g/mol. The molecular formula is C21H23Cl2NO. The van der Waals surface area contributed by atoms with Crippen LogP contribution in [0.3, 0.4) is 0 Å². The van der Waals surface area contributed by atoms with Crippen molar-refractivity contribution in [1.29, 1.82) is 0 Å². The van der Waals surface area contributed by atoms with E-state index in [4.69, 9.17) is 23.2 Å². The van der Waals surface area contributed by atoms with Gasteiger partial charge in [0.25, 0.3) is 0 Å². The molecule has 2 nitrogen and oxygen atoms in total. The number of fused-ring (bicyclic) bond motifs is 1. The molecule has 1 fully saturated rings. The minimum absolute atomic E-state index is 0.0238. The van der Waals surface area contributed by atoms with Gasteiger partial charge in [0.15, 0.2) is 0 Å². The molecule has 0 spiro atoms. The van der Waals surface area contributed by atoms with E-state index in [-0.39, 0.29) is 33.7 Å². The molecule has 4 heteroatoms. The van der Waals surface area contributed by atoms with Crippen LogP contribution in [0.15, 0.2) is 53.0 Å². The molecule has 0 bridgehead atoms. The number of carbonyl (C=O) groups excluding carboxylic acids is 1. The van der Waals surface area contributed by atoms with Gasteiger partial charge in [0.1, 0.15) is 4.49 Å². The van der Waals surface area contributed by atoms with Gasteiger partial charge in [0, 0.05) is 5.92 Å². The molecule has 1 N–H and O–H groups in total. The summed E-state index contributed by atoms with van der Waals surface area (Å²) >= 11 is 11.6. The largest absolute Gasteiger partial charge is 0.349 e. The van der Waals surface area contributed by atoms with E-state index >= 15 is 0 Å². The van der Waals surface area contributed by atoms with Crippen LogP contribution in [0.25, 0.3) is 10.8 Å². The highest BCUT2D eigenvalue weighted by atomic mass is 35.5. The van der Waals surface area contributed by atoms with Crippen LogP contribution in [0.4, 0.5) is 0 Å². The molecule has 0 saturated heterocycles. The van der Waals surface area contributed by atoms with Crippen molar-refractivity contribution >= 4 is 39.9 Å². The summed E-state index contributed by atoms with van der Waals surface area (Å²) in [5.41, 5.74) is 0.979. The Balaban J connectivity index is 1.69. The Morgan fingerprint density at radius 1 is 1.20 bits per heavy atom. The monoisotopic (exact) mass is 375 g/mol. The Hall–Kier alpha value is -1.51. The predicted molar refractivity (Wildman–Crippen MR) is 106 cm³/mol. The van der Waals surface area contributed by atoms with Crippen molar-refractivity contribution in [3.63, 3.8) is 0 Å². The lowest BCUT2D eigenvalue weighted by molar-refractivity contribution is -0.138. The Kier molecular flexibility index (Phi) is 5.13. The van der Waals surface area contributed by atoms with Crippen molar-refractivity contribution < 1.29 is 4.79 Å². The summed E-state index contributed by atoms with van der Waals surface area (Å²) < 4.78 is 0.279. The minimum Gasteiger partial charge on any atom is -0.349 e. The van der Waals surface area contributed by atoms with Crippen molar-refractivity contribution in [3.05, 3.63) is 58.6 Å². The number of nitrogens with one attached hydrogen (secondary N) is 1. The van der Waals surface area contributed by atoms with Crippen LogP contribution in [0.5, 0.6) is 0 Å². The van der Waals surface area contributed by atoms with Crippen molar-refractivity contribution in [3.8, 4) is 0 Å². The van der Waals surface area contributed by atoms with Gasteiger partial charge in [-0.2, -0.15) is 0 Å². The van der Waals surface area contributed by atoms with Crippen LogP contribution in [0.1, 0.15) is 38.8 Å². The molecule has 1 aliphatic rings. The lowest BCUT2D eigenvalue weighted by Crippen LogP contribution is -2.52. The molecule has 1 aliphatic carbocycles. The standard InChI is InChI=1S/C21H23Cl2NO/c1-13(15-9-8-14-6-4-5-7-16(14)10-15)24-20(25)18-11-17(12-19(22)23)21(18,2)3/h4-10,12-13,17-18H,11H2,1-3H3,(H,24,25)/t13-,17?,18?/m1/s1. The van der Waals surface area contributed by atoms with Crippen LogP contribution in [0.2, 0.25) is 0 Å². The Bertz CT molecular complexity index is 824. The number of rotatable bonds is 4. The maximum Gasteiger partial charge on any atom is 0.224 e. The third-order valence-corrected chi connectivity index (χ3v) is 5.87. The molecule has 3 atom stereocenters. The second-order valence-electron chi connectivity index (χ2n) is 7.51. The zero-order valence-electron chi connectivity index (χ0n) is 14.7. The molecule has 2 unspecified atom stereocenters. The minimum atomic E-state index is -0.137. The molecule has 25 heavy (non-hydrogen) atoms. The lowest BCUT2D eigenvalue weighted by atomic mass is 9.54. The highest BCUT2D eigenvalue weighted by molar-refractivity contribution is 6.55. The molecule has 0 heterocycles. The average molecular weight is 376 g/mol. The highest BCUT2D eigenvalue weighted by Crippen LogP contribution is 2.52. The molecule has 132 valence electrons. The van der Waals surface area contributed by atoms with E-state index in [1.807, 2.05) is 25.1 Å². The van der Waals surface area contributed by atoms with Crippen molar-refractivity contribution in [2.45, 2.75) is 33.2 Å². The SMILES string of the molecule is C[C@@H](NC(=O)C1CC(C=C(Cl)Cl)C1(C)C)c1ccc2ccccc2c1. The van der Waals surface area contributed by atoms with E-state index in [0.717, 1.165) is 12.0 Å². The molecule has 0 aromatic heterocycles. The number of allylic oxidation sites excluding steroid dienone is 1. The summed E-state index contributed by atoms with van der Waals surface area (Å²) in [4.78, 5) is 12.7. The van der Waals surface area contributed by atoms with Crippen molar-refractivity contribution in [1.82, 2.24) is 5.32 Å². The van der Waals surface area contributed by atoms with Gasteiger partial charge in [-0.15, -0.1) is 0 Å². The van der Waals surface area contributed by atoms with Gasteiger partial charge in [-0.25, -0.2) is 0 Å². The van der Waals surface area contributed by atoms with Gasteiger partial charge >= 0.3 is 0 Å². The van der Waals surface area contributed by atoms with Gasteiger partial charge in [-0.05, 0) is 47.1 Å². The van der Waals surface area contributed by atoms with Crippen LogP contribution in [-0.2, 0) is 4.79 Å². The first kappa shape index (κ1) is 18.3. The maximum absolute atomic E-state index is 12.7. The van der Waals surface area contributed by atoms with Gasteiger partial charge in [-0.1, -0.05) is 79.5 Å². The first-order chi connectivity index (χ1) is 11.8. The summed E-state index contributed by atoms with van der Waals surface area (Å²) in [6.45, 7) is 6.22. The lowest BCUT2D eigenvalue weighted by Gasteiger charge is -2.50. The number of hydrogen-bond donors (Lipinski definition) is 1. The second-order valence-corrected chi connectivity index (χ2v) is 8.52. The van der Waals surface area contributed by atoms with Crippen molar-refractivity contribution in [2.75, 3.05) is 0 Å². The van der Waals surface area contributed by atoms with E-state index < -0.39 is 0 Å². The second kappa shape index (κ2) is 7.01. The molecule has 0 aliphatic heterocycles. The van der Waals surface area contributed by atoms with E-state index in [0.29, 0.717) is 0 Å². The Morgan fingerprint density at radius 2 is 1.88 bits per heavy atom. The fraction of sp³-hybridized carbons (Fsp3) is 0.381. The van der Waals surface area contributed by atoms with E-state index in [1.165, 1.54) is 10.8 Å². The maximum atomic E-state index is 12.7. The number of amides is 1. The van der Waals surface area contributed by atoms with Gasteiger partial charge < -0.3 is 5.32 Å². The van der Waals surface area contributed by atoms with Gasteiger partial charge in [0.05, 0.1) is 6.04 Å². The summed E-state index contributed by atoms with van der Waals surface area (Å²) in [7, 11) is 0. The van der Waals surface area contributed by atoms with Crippen LogP contribution < -0.4 is 5.32 Å². The summed E-state index contributed by atoms with van der Waals surface area (Å²) in [5, 5.41) is 5.56. The molecule has 2 aromatic carbocycles. The number of halogens is 2. The van der Waals surface area contributed by atoms with E-state index in [2.05, 4.69) is 49.5 Å².